The summed E-state index contributed by atoms with van der Waals surface area (Å²) in [6.45, 7) is 2.37. The maximum atomic E-state index is 14.0. The topological polar surface area (TPSA) is 85.0 Å². The van der Waals surface area contributed by atoms with E-state index >= 15 is 0 Å². The zero-order chi connectivity index (χ0) is 23.7. The molecule has 1 aromatic heterocycles. The Kier molecular flexibility index (Phi) is 6.39. The summed E-state index contributed by atoms with van der Waals surface area (Å²) in [6.07, 6.45) is 0. The minimum Gasteiger partial charge on any atom is -0.332 e. The van der Waals surface area contributed by atoms with Crippen molar-refractivity contribution < 1.29 is 26.9 Å². The molecule has 0 saturated heterocycles. The van der Waals surface area contributed by atoms with Crippen LogP contribution in [0.4, 0.5) is 39.0 Å². The maximum absolute atomic E-state index is 14.0. The molecule has 0 amide bonds. The molecule has 0 fully saturated rings. The summed E-state index contributed by atoms with van der Waals surface area (Å²) in [5.41, 5.74) is 0.352. The predicted molar refractivity (Wildman–Crippen MR) is 110 cm³/mol. The monoisotopic (exact) mass is 471 g/mol. The molecule has 0 atom stereocenters. The minimum atomic E-state index is -2.23. The zero-order valence-electron chi connectivity index (χ0n) is 16.5. The van der Waals surface area contributed by atoms with Crippen molar-refractivity contribution in [3.05, 3.63) is 80.4 Å². The molecule has 13 heteroatoms. The highest BCUT2D eigenvalue weighted by Gasteiger charge is 2.26. The third-order valence-corrected chi connectivity index (χ3v) is 4.77. The van der Waals surface area contributed by atoms with E-state index in [-0.39, 0.29) is 10.8 Å². The predicted octanol–water partition coefficient (Wildman–Crippen LogP) is 4.96. The van der Waals surface area contributed by atoms with E-state index in [1.54, 1.807) is 6.92 Å². The second-order valence-corrected chi connectivity index (χ2v) is 7.04. The van der Waals surface area contributed by atoms with Gasteiger partial charge in [0.1, 0.15) is 0 Å². The highest BCUT2D eigenvalue weighted by Crippen LogP contribution is 2.26. The molecule has 0 saturated carbocycles. The molecule has 168 valence electrons. The summed E-state index contributed by atoms with van der Waals surface area (Å²) in [4.78, 5) is 10.2. The van der Waals surface area contributed by atoms with Gasteiger partial charge in [-0.1, -0.05) is 0 Å². The molecular formula is C19H14F5N5O2S. The molecular weight excluding hydrogens is 457 g/mol. The number of aryl methyl sites for hydroxylation is 1. The third-order valence-electron chi connectivity index (χ3n) is 4.56. The number of benzene rings is 2. The molecule has 0 unspecified atom stereocenters. The number of rotatable bonds is 5. The van der Waals surface area contributed by atoms with Crippen LogP contribution >= 0.6 is 12.2 Å². The summed E-state index contributed by atoms with van der Waals surface area (Å²) >= 11 is 5.20. The van der Waals surface area contributed by atoms with Crippen molar-refractivity contribution in [1.82, 2.24) is 9.78 Å². The molecule has 3 rings (SSSR count). The van der Waals surface area contributed by atoms with Gasteiger partial charge >= 0.3 is 0 Å². The van der Waals surface area contributed by atoms with Crippen LogP contribution in [-0.2, 0) is 6.54 Å². The number of nitro benzene ring substituents is 1. The SMILES string of the molecule is Cc1nn(Cc2c(F)c(F)c(F)c(F)c2F)c(C)c1NC(=S)Nc1ccc([N+](=O)[O-])cc1. The van der Waals surface area contributed by atoms with E-state index in [0.29, 0.717) is 22.8 Å². The lowest BCUT2D eigenvalue weighted by molar-refractivity contribution is -0.384. The van der Waals surface area contributed by atoms with Crippen LogP contribution in [0.15, 0.2) is 24.3 Å². The molecule has 0 aliphatic rings. The van der Waals surface area contributed by atoms with Crippen LogP contribution in [0.3, 0.4) is 0 Å². The first kappa shape index (κ1) is 23.1. The van der Waals surface area contributed by atoms with E-state index < -0.39 is 46.1 Å². The fourth-order valence-corrected chi connectivity index (χ4v) is 3.13. The third kappa shape index (κ3) is 4.37. The van der Waals surface area contributed by atoms with E-state index in [1.165, 1.54) is 31.2 Å². The molecule has 0 bridgehead atoms. The average Bonchev–Trinajstić information content (AvgIpc) is 3.01. The highest BCUT2D eigenvalue weighted by atomic mass is 32.1. The zero-order valence-corrected chi connectivity index (χ0v) is 17.3. The van der Waals surface area contributed by atoms with Crippen LogP contribution in [0.1, 0.15) is 17.0 Å². The molecule has 2 aromatic carbocycles. The second kappa shape index (κ2) is 8.86. The summed E-state index contributed by atoms with van der Waals surface area (Å²) < 4.78 is 69.3. The molecule has 2 N–H and O–H groups in total. The number of hydrogen-bond acceptors (Lipinski definition) is 4. The van der Waals surface area contributed by atoms with E-state index in [9.17, 15) is 32.1 Å². The van der Waals surface area contributed by atoms with E-state index in [0.717, 1.165) is 4.68 Å². The number of hydrogen-bond donors (Lipinski definition) is 2. The number of nitro groups is 1. The average molecular weight is 471 g/mol. The van der Waals surface area contributed by atoms with Crippen molar-refractivity contribution in [2.75, 3.05) is 10.6 Å². The Bertz CT molecular complexity index is 1200. The first-order valence-corrected chi connectivity index (χ1v) is 9.28. The maximum Gasteiger partial charge on any atom is 0.269 e. The number of halogens is 5. The number of nitrogens with zero attached hydrogens (tertiary/aromatic N) is 3. The minimum absolute atomic E-state index is 0.0841. The van der Waals surface area contributed by atoms with Gasteiger partial charge in [-0.05, 0) is 38.2 Å². The molecule has 7 nitrogen and oxygen atoms in total. The molecule has 3 aromatic rings. The Labute approximate surface area is 183 Å². The van der Waals surface area contributed by atoms with Gasteiger partial charge in [0.25, 0.3) is 5.69 Å². The molecule has 0 aliphatic carbocycles. The first-order chi connectivity index (χ1) is 15.0. The number of non-ortho nitro benzene ring substituents is 1. The summed E-state index contributed by atoms with van der Waals surface area (Å²) in [7, 11) is 0. The number of aromatic nitrogens is 2. The molecule has 0 radical (unpaired) electrons. The standard InChI is InChI=1S/C19H14F5N5O2S/c1-8-18(26-19(32)25-10-3-5-11(6-4-10)29(30)31)9(2)28(27-8)7-12-13(20)15(22)17(24)16(23)14(12)21/h3-6H,7H2,1-2H3,(H2,25,26,32). The van der Waals surface area contributed by atoms with Gasteiger partial charge in [0.2, 0.25) is 5.82 Å². The summed E-state index contributed by atoms with van der Waals surface area (Å²) in [5.74, 6) is -10.2. The largest absolute Gasteiger partial charge is 0.332 e. The van der Waals surface area contributed by atoms with E-state index in [4.69, 9.17) is 12.2 Å². The molecule has 1 heterocycles. The van der Waals surface area contributed by atoms with Crippen LogP contribution in [0, 0.1) is 53.0 Å². The Morgan fingerprint density at radius 2 is 1.53 bits per heavy atom. The number of nitrogens with one attached hydrogen (secondary N) is 2. The first-order valence-electron chi connectivity index (χ1n) is 8.88. The van der Waals surface area contributed by atoms with Gasteiger partial charge in [-0.2, -0.15) is 5.10 Å². The molecule has 0 aliphatic heterocycles. The number of anilines is 2. The lowest BCUT2D eigenvalue weighted by Gasteiger charge is -2.12. The normalized spacial score (nSPS) is 10.8. The quantitative estimate of drug-likeness (QED) is 0.137. The van der Waals surface area contributed by atoms with Crippen LogP contribution in [-0.4, -0.2) is 19.8 Å². The van der Waals surface area contributed by atoms with Crippen LogP contribution in [0.2, 0.25) is 0 Å². The van der Waals surface area contributed by atoms with Gasteiger partial charge in [-0.15, -0.1) is 0 Å². The van der Waals surface area contributed by atoms with Gasteiger partial charge in [-0.25, -0.2) is 22.0 Å². The van der Waals surface area contributed by atoms with Crippen molar-refractivity contribution in [2.45, 2.75) is 20.4 Å². The van der Waals surface area contributed by atoms with Gasteiger partial charge in [-0.3, -0.25) is 14.8 Å². The smallest absolute Gasteiger partial charge is 0.269 e. The van der Waals surface area contributed by atoms with Crippen molar-refractivity contribution in [3.8, 4) is 0 Å². The lowest BCUT2D eigenvalue weighted by atomic mass is 10.1. The molecule has 32 heavy (non-hydrogen) atoms. The van der Waals surface area contributed by atoms with Gasteiger partial charge in [0.15, 0.2) is 28.4 Å². The van der Waals surface area contributed by atoms with Crippen molar-refractivity contribution >= 4 is 34.4 Å². The van der Waals surface area contributed by atoms with Crippen LogP contribution < -0.4 is 10.6 Å². The Morgan fingerprint density at radius 1 is 1.00 bits per heavy atom. The lowest BCUT2D eigenvalue weighted by Crippen LogP contribution is -2.20. The second-order valence-electron chi connectivity index (χ2n) is 6.64. The van der Waals surface area contributed by atoms with E-state index in [1.807, 2.05) is 0 Å². The fourth-order valence-electron chi connectivity index (χ4n) is 2.91. The summed E-state index contributed by atoms with van der Waals surface area (Å²) in [6, 6.07) is 5.45. The van der Waals surface area contributed by atoms with Crippen LogP contribution in [0.5, 0.6) is 0 Å². The Morgan fingerprint density at radius 3 is 2.06 bits per heavy atom. The molecule has 0 spiro atoms. The van der Waals surface area contributed by atoms with Crippen molar-refractivity contribution in [2.24, 2.45) is 0 Å². The Balaban J connectivity index is 1.81. The number of thiocarbonyl (C=S) groups is 1. The van der Waals surface area contributed by atoms with Crippen molar-refractivity contribution in [1.29, 1.82) is 0 Å². The van der Waals surface area contributed by atoms with Crippen LogP contribution in [0.25, 0.3) is 0 Å². The van der Waals surface area contributed by atoms with Gasteiger partial charge < -0.3 is 10.6 Å². The summed E-state index contributed by atoms with van der Waals surface area (Å²) in [5, 5.41) is 20.5. The van der Waals surface area contributed by atoms with Gasteiger partial charge in [0, 0.05) is 17.8 Å². The highest BCUT2D eigenvalue weighted by molar-refractivity contribution is 7.80. The van der Waals surface area contributed by atoms with Gasteiger partial charge in [0.05, 0.1) is 34.1 Å². The van der Waals surface area contributed by atoms with E-state index in [2.05, 4.69) is 15.7 Å². The Hall–Kier alpha value is -3.61. The van der Waals surface area contributed by atoms with Crippen molar-refractivity contribution in [3.63, 3.8) is 0 Å². The fraction of sp³-hybridized carbons (Fsp3) is 0.158.